The lowest BCUT2D eigenvalue weighted by Crippen LogP contribution is -2.41. The van der Waals surface area contributed by atoms with Crippen molar-refractivity contribution in [1.29, 1.82) is 0 Å². The lowest BCUT2D eigenvalue weighted by molar-refractivity contribution is 0.0934. The summed E-state index contributed by atoms with van der Waals surface area (Å²) in [5.74, 6) is 0.560. The predicted octanol–water partition coefficient (Wildman–Crippen LogP) is 3.22. The second-order valence-electron chi connectivity index (χ2n) is 6.69. The van der Waals surface area contributed by atoms with E-state index in [4.69, 9.17) is 17.3 Å². The first-order chi connectivity index (χ1) is 12.1. The maximum atomic E-state index is 12.6. The smallest absolute Gasteiger partial charge is 0.261 e. The van der Waals surface area contributed by atoms with Gasteiger partial charge in [-0.05, 0) is 18.4 Å². The zero-order valence-electron chi connectivity index (χ0n) is 14.4. The van der Waals surface area contributed by atoms with Crippen LogP contribution in [0.1, 0.15) is 48.2 Å². The predicted molar refractivity (Wildman–Crippen MR) is 101 cm³/mol. The number of aromatic nitrogens is 3. The summed E-state index contributed by atoms with van der Waals surface area (Å²) >= 11 is 7.60. The molecular weight excluding hydrogens is 358 g/mol. The molecule has 2 aromatic heterocycles. The van der Waals surface area contributed by atoms with Crippen LogP contribution in [0.25, 0.3) is 11.3 Å². The number of nitrogens with two attached hydrogens (primary N) is 1. The zero-order valence-corrected chi connectivity index (χ0v) is 15.9. The molecule has 25 heavy (non-hydrogen) atoms. The van der Waals surface area contributed by atoms with Gasteiger partial charge < -0.3 is 11.1 Å². The van der Waals surface area contributed by atoms with Gasteiger partial charge in [0.25, 0.3) is 5.91 Å². The number of carbonyl (C=O) groups is 1. The molecule has 0 unspecified atom stereocenters. The molecule has 0 aromatic carbocycles. The summed E-state index contributed by atoms with van der Waals surface area (Å²) in [6, 6.07) is 1.81. The lowest BCUT2D eigenvalue weighted by atomic mass is 9.85. The van der Waals surface area contributed by atoms with E-state index in [2.05, 4.69) is 15.6 Å². The molecule has 1 saturated carbocycles. The molecule has 0 aliphatic heterocycles. The molecule has 1 amide bonds. The van der Waals surface area contributed by atoms with Gasteiger partial charge in [0.2, 0.25) is 0 Å². The van der Waals surface area contributed by atoms with Crippen LogP contribution in [0.2, 0.25) is 4.34 Å². The fraction of sp³-hybridized carbons (Fsp3) is 0.588. The number of carbonyl (C=O) groups excluding carboxylic acids is 1. The molecule has 2 aromatic rings. The summed E-state index contributed by atoms with van der Waals surface area (Å²) in [5.41, 5.74) is 7.46. The quantitative estimate of drug-likeness (QED) is 0.804. The number of hydrogen-bond acceptors (Lipinski definition) is 5. The van der Waals surface area contributed by atoms with Crippen molar-refractivity contribution in [3.63, 3.8) is 0 Å². The standard InChI is InChI=1S/C17H24ClN5OS/c1-23-14(10-20-22-23)13-8-15(25-16(13)18)17(24)21-12(9-19)7-11-5-3-2-4-6-11/h8,10-12H,2-7,9,19H2,1H3,(H,21,24)/t12-/m0/s1. The van der Waals surface area contributed by atoms with E-state index in [0.717, 1.165) is 17.7 Å². The van der Waals surface area contributed by atoms with Crippen molar-refractivity contribution in [2.45, 2.75) is 44.6 Å². The van der Waals surface area contributed by atoms with Gasteiger partial charge in [0.1, 0.15) is 4.34 Å². The number of thiophene rings is 1. The first kappa shape index (κ1) is 18.4. The van der Waals surface area contributed by atoms with E-state index in [1.54, 1.807) is 24.0 Å². The third kappa shape index (κ3) is 4.40. The van der Waals surface area contributed by atoms with E-state index in [0.29, 0.717) is 21.7 Å². The molecule has 1 atom stereocenters. The number of nitrogens with one attached hydrogen (secondary N) is 1. The van der Waals surface area contributed by atoms with Crippen molar-refractivity contribution in [2.24, 2.45) is 18.7 Å². The van der Waals surface area contributed by atoms with Crippen molar-refractivity contribution in [3.05, 3.63) is 21.5 Å². The van der Waals surface area contributed by atoms with E-state index in [1.165, 1.54) is 43.4 Å². The molecule has 0 spiro atoms. The van der Waals surface area contributed by atoms with E-state index in [-0.39, 0.29) is 11.9 Å². The molecule has 1 aliphatic rings. The van der Waals surface area contributed by atoms with E-state index >= 15 is 0 Å². The molecule has 3 N–H and O–H groups in total. The second kappa shape index (κ2) is 8.29. The van der Waals surface area contributed by atoms with Gasteiger partial charge in [0.05, 0.1) is 16.8 Å². The summed E-state index contributed by atoms with van der Waals surface area (Å²) in [7, 11) is 1.80. The largest absolute Gasteiger partial charge is 0.347 e. The third-order valence-electron chi connectivity index (χ3n) is 4.86. The average Bonchev–Trinajstić information content (AvgIpc) is 3.20. The second-order valence-corrected chi connectivity index (χ2v) is 8.34. The zero-order chi connectivity index (χ0) is 17.8. The van der Waals surface area contributed by atoms with Crippen LogP contribution >= 0.6 is 22.9 Å². The van der Waals surface area contributed by atoms with Crippen LogP contribution in [0.15, 0.2) is 12.3 Å². The maximum absolute atomic E-state index is 12.6. The van der Waals surface area contributed by atoms with Gasteiger partial charge in [-0.25, -0.2) is 4.68 Å². The van der Waals surface area contributed by atoms with Gasteiger partial charge in [-0.1, -0.05) is 48.9 Å². The van der Waals surface area contributed by atoms with E-state index in [9.17, 15) is 4.79 Å². The van der Waals surface area contributed by atoms with Crippen molar-refractivity contribution in [3.8, 4) is 11.3 Å². The maximum Gasteiger partial charge on any atom is 0.261 e. The highest BCUT2D eigenvalue weighted by Crippen LogP contribution is 2.35. The molecular formula is C17H24ClN5OS. The van der Waals surface area contributed by atoms with Gasteiger partial charge in [-0.2, -0.15) is 0 Å². The van der Waals surface area contributed by atoms with Crippen LogP contribution in [0.4, 0.5) is 0 Å². The van der Waals surface area contributed by atoms with Gasteiger partial charge in [-0.15, -0.1) is 16.4 Å². The minimum atomic E-state index is -0.112. The Morgan fingerprint density at radius 2 is 2.24 bits per heavy atom. The summed E-state index contributed by atoms with van der Waals surface area (Å²) in [5, 5.41) is 10.9. The number of amides is 1. The molecule has 3 rings (SSSR count). The highest BCUT2D eigenvalue weighted by molar-refractivity contribution is 7.18. The summed E-state index contributed by atoms with van der Waals surface area (Å²) in [6.07, 6.45) is 9.00. The van der Waals surface area contributed by atoms with Crippen LogP contribution in [-0.2, 0) is 7.05 Å². The Morgan fingerprint density at radius 3 is 2.88 bits per heavy atom. The first-order valence-corrected chi connectivity index (χ1v) is 9.93. The fourth-order valence-corrected chi connectivity index (χ4v) is 4.68. The Kier molecular flexibility index (Phi) is 6.09. The normalized spacial score (nSPS) is 16.8. The molecule has 0 saturated heterocycles. The minimum Gasteiger partial charge on any atom is -0.347 e. The number of nitrogens with zero attached hydrogens (tertiary/aromatic N) is 3. The van der Waals surface area contributed by atoms with Crippen molar-refractivity contribution < 1.29 is 4.79 Å². The number of hydrogen-bond donors (Lipinski definition) is 2. The van der Waals surface area contributed by atoms with Crippen LogP contribution in [0.3, 0.4) is 0 Å². The van der Waals surface area contributed by atoms with Gasteiger partial charge in [-0.3, -0.25) is 4.79 Å². The molecule has 136 valence electrons. The van der Waals surface area contributed by atoms with Crippen molar-refractivity contribution in [2.75, 3.05) is 6.54 Å². The van der Waals surface area contributed by atoms with Gasteiger partial charge in [0, 0.05) is 25.2 Å². The van der Waals surface area contributed by atoms with Crippen molar-refractivity contribution >= 4 is 28.8 Å². The van der Waals surface area contributed by atoms with Gasteiger partial charge >= 0.3 is 0 Å². The molecule has 2 heterocycles. The third-order valence-corrected chi connectivity index (χ3v) is 6.22. The Balaban J connectivity index is 1.67. The van der Waals surface area contributed by atoms with Crippen molar-refractivity contribution in [1.82, 2.24) is 20.3 Å². The van der Waals surface area contributed by atoms with Crippen LogP contribution in [0, 0.1) is 5.92 Å². The Bertz CT molecular complexity index is 722. The lowest BCUT2D eigenvalue weighted by Gasteiger charge is -2.26. The molecule has 1 fully saturated rings. The van der Waals surface area contributed by atoms with Gasteiger partial charge in [0.15, 0.2) is 0 Å². The summed E-state index contributed by atoms with van der Waals surface area (Å²) in [4.78, 5) is 13.2. The minimum absolute atomic E-state index is 0.0123. The van der Waals surface area contributed by atoms with Crippen LogP contribution < -0.4 is 11.1 Å². The summed E-state index contributed by atoms with van der Waals surface area (Å²) in [6.45, 7) is 0.458. The van der Waals surface area contributed by atoms with Crippen LogP contribution in [-0.4, -0.2) is 33.5 Å². The molecule has 0 radical (unpaired) electrons. The van der Waals surface area contributed by atoms with E-state index in [1.807, 2.05) is 0 Å². The summed E-state index contributed by atoms with van der Waals surface area (Å²) < 4.78 is 2.20. The Morgan fingerprint density at radius 1 is 1.48 bits per heavy atom. The molecule has 0 bridgehead atoms. The highest BCUT2D eigenvalue weighted by atomic mass is 35.5. The number of rotatable bonds is 6. The first-order valence-electron chi connectivity index (χ1n) is 8.73. The topological polar surface area (TPSA) is 85.8 Å². The fourth-order valence-electron chi connectivity index (χ4n) is 3.48. The molecule has 1 aliphatic carbocycles. The molecule has 8 heteroatoms. The monoisotopic (exact) mass is 381 g/mol. The number of halogens is 1. The number of aryl methyl sites for hydroxylation is 1. The highest BCUT2D eigenvalue weighted by Gasteiger charge is 2.22. The average molecular weight is 382 g/mol. The Labute approximate surface area is 156 Å². The SMILES string of the molecule is Cn1nncc1-c1cc(C(=O)N[C@H](CN)CC2CCCCC2)sc1Cl. The van der Waals surface area contributed by atoms with E-state index < -0.39 is 0 Å². The van der Waals surface area contributed by atoms with Crippen LogP contribution in [0.5, 0.6) is 0 Å². The molecule has 6 nitrogen and oxygen atoms in total. The Hall–Kier alpha value is -1.44.